The van der Waals surface area contributed by atoms with Gasteiger partial charge in [-0.3, -0.25) is 38.4 Å². The number of nitrogens with one attached hydrogen (secondary N) is 6. The summed E-state index contributed by atoms with van der Waals surface area (Å²) in [7, 11) is 0. The maximum absolute atomic E-state index is 13.8. The Morgan fingerprint density at radius 1 is 0.574 bits per heavy atom. The zero-order chi connectivity index (χ0) is 45.2. The zero-order valence-electron chi connectivity index (χ0n) is 33.4. The predicted molar refractivity (Wildman–Crippen MR) is 216 cm³/mol. The minimum absolute atomic E-state index is 0.0567. The zero-order valence-corrected chi connectivity index (χ0v) is 33.4. The molecule has 6 amide bonds. The molecule has 0 aromatic heterocycles. The smallest absolute Gasteiger partial charge is 0.325 e. The largest absolute Gasteiger partial charge is 0.508 e. The Hall–Kier alpha value is -7.06. The minimum atomic E-state index is -1.69. The van der Waals surface area contributed by atoms with Gasteiger partial charge < -0.3 is 63.2 Å². The van der Waals surface area contributed by atoms with Gasteiger partial charge in [0.15, 0.2) is 0 Å². The predicted octanol–water partition coefficient (Wildman–Crippen LogP) is -1.66. The van der Waals surface area contributed by atoms with Crippen LogP contribution in [-0.2, 0) is 57.6 Å². The van der Waals surface area contributed by atoms with Crippen LogP contribution in [0.3, 0.4) is 0 Å². The summed E-state index contributed by atoms with van der Waals surface area (Å²) in [5, 5.41) is 62.6. The molecule has 0 saturated carbocycles. The number of carbonyl (C=O) groups is 8. The third-order valence-corrected chi connectivity index (χ3v) is 9.17. The lowest BCUT2D eigenvalue weighted by atomic mass is 10.0. The molecule has 13 N–H and O–H groups in total. The molecule has 0 saturated heterocycles. The molecule has 20 nitrogen and oxygen atoms in total. The van der Waals surface area contributed by atoms with Gasteiger partial charge in [-0.25, -0.2) is 0 Å². The molecule has 20 heteroatoms. The normalized spacial score (nSPS) is 14.3. The fraction of sp³-hybridized carbons (Fsp3) is 0.366. The highest BCUT2D eigenvalue weighted by Crippen LogP contribution is 2.14. The first-order valence-electron chi connectivity index (χ1n) is 19.1. The molecular formula is C41H51N7O13. The molecule has 3 aromatic rings. The number of hydrogen-bond donors (Lipinski definition) is 12. The van der Waals surface area contributed by atoms with E-state index in [1.165, 1.54) is 62.4 Å². The molecule has 0 radical (unpaired) electrons. The summed E-state index contributed by atoms with van der Waals surface area (Å²) in [6, 6.07) is 11.4. The molecule has 0 bridgehead atoms. The number of carboxylic acids is 2. The Balaban J connectivity index is 1.78. The SMILES string of the molecule is C[C@H](NC(=O)[C@H](Cc1ccc(O)cc1)NC(=O)[C@@H](NC(=O)CNC(=O)[C@H](Cc1ccc(O)cc1)NC(=O)[C@H](Cc1ccccc1)NC(=O)[C@@H](N)CCC(=O)O)[C@@H](C)O)C(=O)O. The number of aliphatic hydroxyl groups excluding tert-OH is 1. The summed E-state index contributed by atoms with van der Waals surface area (Å²) in [4.78, 5) is 103. The van der Waals surface area contributed by atoms with Crippen molar-refractivity contribution in [3.8, 4) is 11.5 Å². The molecule has 61 heavy (non-hydrogen) atoms. The standard InChI is InChI=1S/C41H51N7O13/c1-22(41(60)61)44-38(57)31(20-26-10-14-28(51)15-11-26)47-40(59)35(23(2)49)48-33(52)21-43-37(56)30(19-25-8-12-27(50)13-9-25)46-39(58)32(18-24-6-4-3-5-7-24)45-36(55)29(42)16-17-34(53)54/h3-15,22-23,29-32,35,49-51H,16-21,42H2,1-2H3,(H,43,56)(H,44,57)(H,45,55)(H,46,58)(H,47,59)(H,48,52)(H,53,54)(H,60,61)/t22-,23+,29-,30-,31-,32-,35-/m0/s1. The Bertz CT molecular complexity index is 2000. The van der Waals surface area contributed by atoms with Crippen LogP contribution in [-0.4, -0.2) is 122 Å². The van der Waals surface area contributed by atoms with Crippen molar-refractivity contribution in [3.63, 3.8) is 0 Å². The van der Waals surface area contributed by atoms with Gasteiger partial charge in [-0.05, 0) is 61.2 Å². The second-order valence-electron chi connectivity index (χ2n) is 14.2. The number of nitrogens with two attached hydrogens (primary N) is 1. The average Bonchev–Trinajstić information content (AvgIpc) is 3.21. The van der Waals surface area contributed by atoms with Gasteiger partial charge in [0.25, 0.3) is 0 Å². The van der Waals surface area contributed by atoms with Gasteiger partial charge in [0, 0.05) is 25.7 Å². The molecule has 3 aromatic carbocycles. The molecule has 3 rings (SSSR count). The first-order chi connectivity index (χ1) is 28.8. The van der Waals surface area contributed by atoms with Crippen molar-refractivity contribution in [1.29, 1.82) is 0 Å². The van der Waals surface area contributed by atoms with E-state index in [1.54, 1.807) is 30.3 Å². The summed E-state index contributed by atoms with van der Waals surface area (Å²) in [5.41, 5.74) is 7.45. The highest BCUT2D eigenvalue weighted by atomic mass is 16.4. The van der Waals surface area contributed by atoms with Crippen LogP contribution in [0.1, 0.15) is 43.4 Å². The van der Waals surface area contributed by atoms with E-state index < -0.39 is 103 Å². The lowest BCUT2D eigenvalue weighted by Gasteiger charge is -2.26. The van der Waals surface area contributed by atoms with Crippen molar-refractivity contribution >= 4 is 47.4 Å². The van der Waals surface area contributed by atoms with Crippen molar-refractivity contribution in [2.24, 2.45) is 5.73 Å². The summed E-state index contributed by atoms with van der Waals surface area (Å²) >= 11 is 0. The fourth-order valence-electron chi connectivity index (χ4n) is 5.73. The number of hydrogen-bond acceptors (Lipinski definition) is 12. The number of aromatic hydroxyl groups is 2. The van der Waals surface area contributed by atoms with E-state index in [0.717, 1.165) is 0 Å². The number of carbonyl (C=O) groups excluding carboxylic acids is 6. The van der Waals surface area contributed by atoms with Gasteiger partial charge in [-0.15, -0.1) is 0 Å². The molecule has 0 aliphatic carbocycles. The van der Waals surface area contributed by atoms with E-state index >= 15 is 0 Å². The number of rotatable bonds is 23. The molecule has 0 fully saturated rings. The molecule has 0 spiro atoms. The Morgan fingerprint density at radius 3 is 1.49 bits per heavy atom. The number of carboxylic acid groups (broad SMARTS) is 2. The molecule has 0 aliphatic rings. The van der Waals surface area contributed by atoms with Gasteiger partial charge >= 0.3 is 11.9 Å². The molecule has 328 valence electrons. The van der Waals surface area contributed by atoms with Crippen LogP contribution >= 0.6 is 0 Å². The molecule has 7 atom stereocenters. The number of benzene rings is 3. The van der Waals surface area contributed by atoms with E-state index in [1.807, 2.05) is 0 Å². The Morgan fingerprint density at radius 2 is 1.02 bits per heavy atom. The highest BCUT2D eigenvalue weighted by Gasteiger charge is 2.33. The molecule has 0 aliphatic heterocycles. The maximum atomic E-state index is 13.8. The quantitative estimate of drug-likeness (QED) is 0.0509. The monoisotopic (exact) mass is 849 g/mol. The van der Waals surface area contributed by atoms with Crippen LogP contribution in [0.25, 0.3) is 0 Å². The van der Waals surface area contributed by atoms with Crippen molar-refractivity contribution in [2.45, 2.75) is 88.3 Å². The number of amides is 6. The van der Waals surface area contributed by atoms with Crippen LogP contribution in [0.15, 0.2) is 78.9 Å². The highest BCUT2D eigenvalue weighted by molar-refractivity contribution is 5.96. The minimum Gasteiger partial charge on any atom is -0.508 e. The Labute approximate surface area is 350 Å². The third-order valence-electron chi connectivity index (χ3n) is 9.17. The lowest BCUT2D eigenvalue weighted by molar-refractivity contribution is -0.142. The lowest BCUT2D eigenvalue weighted by Crippen LogP contribution is -2.60. The van der Waals surface area contributed by atoms with Gasteiger partial charge in [0.05, 0.1) is 18.7 Å². The summed E-state index contributed by atoms with van der Waals surface area (Å²) < 4.78 is 0. The second kappa shape index (κ2) is 23.5. The van der Waals surface area contributed by atoms with Gasteiger partial charge in [0.2, 0.25) is 35.4 Å². The van der Waals surface area contributed by atoms with Gasteiger partial charge in [-0.1, -0.05) is 54.6 Å². The van der Waals surface area contributed by atoms with Crippen LogP contribution in [0, 0.1) is 0 Å². The van der Waals surface area contributed by atoms with E-state index in [9.17, 15) is 58.8 Å². The van der Waals surface area contributed by atoms with Crippen LogP contribution in [0.2, 0.25) is 0 Å². The topological polar surface area (TPSA) is 336 Å². The van der Waals surface area contributed by atoms with E-state index in [0.29, 0.717) is 16.7 Å². The van der Waals surface area contributed by atoms with Crippen LogP contribution in [0.4, 0.5) is 0 Å². The first kappa shape index (κ1) is 48.3. The van der Waals surface area contributed by atoms with E-state index in [4.69, 9.17) is 10.8 Å². The van der Waals surface area contributed by atoms with E-state index in [2.05, 4.69) is 31.9 Å². The molecule has 0 heterocycles. The first-order valence-corrected chi connectivity index (χ1v) is 19.1. The number of aliphatic hydroxyl groups is 1. The molecular weight excluding hydrogens is 798 g/mol. The van der Waals surface area contributed by atoms with Crippen molar-refractivity contribution in [1.82, 2.24) is 31.9 Å². The third kappa shape index (κ3) is 16.6. The summed E-state index contributed by atoms with van der Waals surface area (Å²) in [6.07, 6.45) is -2.57. The van der Waals surface area contributed by atoms with Crippen LogP contribution in [0.5, 0.6) is 11.5 Å². The van der Waals surface area contributed by atoms with Crippen molar-refractivity contribution in [3.05, 3.63) is 95.6 Å². The van der Waals surface area contributed by atoms with Crippen LogP contribution < -0.4 is 37.6 Å². The number of aliphatic carboxylic acids is 2. The summed E-state index contributed by atoms with van der Waals surface area (Å²) in [5.74, 6) is -8.12. The number of phenols is 2. The summed E-state index contributed by atoms with van der Waals surface area (Å²) in [6.45, 7) is 1.60. The van der Waals surface area contributed by atoms with Crippen molar-refractivity contribution < 1.29 is 63.9 Å². The van der Waals surface area contributed by atoms with Gasteiger partial charge in [0.1, 0.15) is 41.7 Å². The average molecular weight is 850 g/mol. The maximum Gasteiger partial charge on any atom is 0.325 e. The molecule has 0 unspecified atom stereocenters. The van der Waals surface area contributed by atoms with E-state index in [-0.39, 0.29) is 37.2 Å². The van der Waals surface area contributed by atoms with Gasteiger partial charge in [-0.2, -0.15) is 0 Å². The van der Waals surface area contributed by atoms with Crippen molar-refractivity contribution in [2.75, 3.05) is 6.54 Å². The number of phenolic OH excluding ortho intramolecular Hbond substituents is 2. The Kier molecular flexibility index (Phi) is 18.6. The fourth-order valence-corrected chi connectivity index (χ4v) is 5.73. The second-order valence-corrected chi connectivity index (χ2v) is 14.2.